The summed E-state index contributed by atoms with van der Waals surface area (Å²) in [6.45, 7) is 6.53. The molecule has 0 aliphatic rings. The maximum atomic E-state index is 5.64. The van der Waals surface area contributed by atoms with Crippen LogP contribution in [0.15, 0.2) is 24.3 Å². The normalized spacial score (nSPS) is 10.6. The molecule has 0 fully saturated rings. The third kappa shape index (κ3) is 2.50. The Kier molecular flexibility index (Phi) is 3.20. The van der Waals surface area contributed by atoms with Crippen LogP contribution in [0.1, 0.15) is 22.6 Å². The van der Waals surface area contributed by atoms with Crippen molar-refractivity contribution in [2.24, 2.45) is 5.73 Å². The Morgan fingerprint density at radius 2 is 1.82 bits per heavy atom. The molecule has 3 heteroatoms. The van der Waals surface area contributed by atoms with E-state index in [0.29, 0.717) is 6.54 Å². The second-order valence-electron chi connectivity index (χ2n) is 4.31. The van der Waals surface area contributed by atoms with E-state index in [1.807, 2.05) is 13.0 Å². The van der Waals surface area contributed by atoms with Crippen molar-refractivity contribution in [3.63, 3.8) is 0 Å². The molecule has 2 rings (SSSR count). The molecule has 1 aromatic carbocycles. The van der Waals surface area contributed by atoms with Crippen LogP contribution in [-0.4, -0.2) is 9.97 Å². The Morgan fingerprint density at radius 3 is 2.47 bits per heavy atom. The molecule has 1 aromatic heterocycles. The standard InChI is InChI=1S/C14H17N3/c1-9-4-5-13(10(2)6-9)14-7-12(8-15)16-11(3)17-14/h4-7H,8,15H2,1-3H3. The molecule has 2 aromatic rings. The van der Waals surface area contributed by atoms with Gasteiger partial charge in [-0.15, -0.1) is 0 Å². The van der Waals surface area contributed by atoms with E-state index in [1.54, 1.807) is 0 Å². The molecule has 0 amide bonds. The zero-order valence-electron chi connectivity index (χ0n) is 10.5. The summed E-state index contributed by atoms with van der Waals surface area (Å²) in [5.74, 6) is 0.767. The van der Waals surface area contributed by atoms with Crippen molar-refractivity contribution >= 4 is 0 Å². The molecule has 0 spiro atoms. The maximum Gasteiger partial charge on any atom is 0.126 e. The van der Waals surface area contributed by atoms with Gasteiger partial charge < -0.3 is 5.73 Å². The number of aromatic nitrogens is 2. The van der Waals surface area contributed by atoms with Crippen LogP contribution >= 0.6 is 0 Å². The average molecular weight is 227 g/mol. The highest BCUT2D eigenvalue weighted by molar-refractivity contribution is 5.64. The van der Waals surface area contributed by atoms with E-state index in [4.69, 9.17) is 5.73 Å². The lowest BCUT2D eigenvalue weighted by Gasteiger charge is -2.08. The number of aryl methyl sites for hydroxylation is 3. The lowest BCUT2D eigenvalue weighted by atomic mass is 10.0. The summed E-state index contributed by atoms with van der Waals surface area (Å²) in [5.41, 5.74) is 11.1. The molecule has 0 saturated carbocycles. The highest BCUT2D eigenvalue weighted by Crippen LogP contribution is 2.22. The predicted molar refractivity (Wildman–Crippen MR) is 69.6 cm³/mol. The molecule has 88 valence electrons. The van der Waals surface area contributed by atoms with Gasteiger partial charge in [0.1, 0.15) is 5.82 Å². The molecule has 0 aliphatic heterocycles. The molecule has 0 unspecified atom stereocenters. The summed E-state index contributed by atoms with van der Waals surface area (Å²) in [6.07, 6.45) is 0. The Balaban J connectivity index is 2.55. The van der Waals surface area contributed by atoms with Crippen LogP contribution in [0.2, 0.25) is 0 Å². The van der Waals surface area contributed by atoms with Crippen molar-refractivity contribution in [2.45, 2.75) is 27.3 Å². The summed E-state index contributed by atoms with van der Waals surface area (Å²) < 4.78 is 0. The minimum Gasteiger partial charge on any atom is -0.325 e. The summed E-state index contributed by atoms with van der Waals surface area (Å²) in [6, 6.07) is 8.33. The summed E-state index contributed by atoms with van der Waals surface area (Å²) >= 11 is 0. The van der Waals surface area contributed by atoms with Gasteiger partial charge in [-0.3, -0.25) is 0 Å². The molecule has 1 heterocycles. The molecule has 0 bridgehead atoms. The van der Waals surface area contributed by atoms with Crippen LogP contribution in [0.3, 0.4) is 0 Å². The van der Waals surface area contributed by atoms with Gasteiger partial charge in [-0.2, -0.15) is 0 Å². The van der Waals surface area contributed by atoms with Gasteiger partial charge in [0.05, 0.1) is 11.4 Å². The fourth-order valence-corrected chi connectivity index (χ4v) is 1.97. The fourth-order valence-electron chi connectivity index (χ4n) is 1.97. The number of nitrogens with two attached hydrogens (primary N) is 1. The minimum atomic E-state index is 0.446. The Hall–Kier alpha value is -1.74. The molecule has 3 nitrogen and oxygen atoms in total. The zero-order chi connectivity index (χ0) is 12.4. The van der Waals surface area contributed by atoms with Crippen LogP contribution < -0.4 is 5.73 Å². The second-order valence-corrected chi connectivity index (χ2v) is 4.31. The lowest BCUT2D eigenvalue weighted by molar-refractivity contribution is 0.929. The van der Waals surface area contributed by atoms with Gasteiger partial charge in [0.2, 0.25) is 0 Å². The maximum absolute atomic E-state index is 5.64. The molecule has 0 radical (unpaired) electrons. The smallest absolute Gasteiger partial charge is 0.126 e. The quantitative estimate of drug-likeness (QED) is 0.857. The molecule has 0 saturated heterocycles. The predicted octanol–water partition coefficient (Wildman–Crippen LogP) is 2.53. The zero-order valence-corrected chi connectivity index (χ0v) is 10.5. The number of hydrogen-bond acceptors (Lipinski definition) is 3. The monoisotopic (exact) mass is 227 g/mol. The van der Waals surface area contributed by atoms with E-state index in [-0.39, 0.29) is 0 Å². The van der Waals surface area contributed by atoms with Gasteiger partial charge in [0.25, 0.3) is 0 Å². The summed E-state index contributed by atoms with van der Waals surface area (Å²) in [5, 5.41) is 0. The Morgan fingerprint density at radius 1 is 1.06 bits per heavy atom. The van der Waals surface area contributed by atoms with E-state index < -0.39 is 0 Å². The first-order valence-corrected chi connectivity index (χ1v) is 5.72. The van der Waals surface area contributed by atoms with Gasteiger partial charge in [-0.05, 0) is 32.4 Å². The van der Waals surface area contributed by atoms with Crippen molar-refractivity contribution in [3.05, 3.63) is 46.9 Å². The molecule has 2 N–H and O–H groups in total. The van der Waals surface area contributed by atoms with Crippen molar-refractivity contribution < 1.29 is 0 Å². The molecular formula is C14H17N3. The SMILES string of the molecule is Cc1ccc(-c2cc(CN)nc(C)n2)c(C)c1. The van der Waals surface area contributed by atoms with Crippen molar-refractivity contribution in [1.82, 2.24) is 9.97 Å². The van der Waals surface area contributed by atoms with E-state index in [9.17, 15) is 0 Å². The average Bonchev–Trinajstić information content (AvgIpc) is 2.28. The number of nitrogens with zero attached hydrogens (tertiary/aromatic N) is 2. The van der Waals surface area contributed by atoms with E-state index in [2.05, 4.69) is 42.0 Å². The van der Waals surface area contributed by atoms with E-state index in [0.717, 1.165) is 22.8 Å². The van der Waals surface area contributed by atoms with Crippen LogP contribution in [0, 0.1) is 20.8 Å². The van der Waals surface area contributed by atoms with Gasteiger partial charge in [0, 0.05) is 12.1 Å². The highest BCUT2D eigenvalue weighted by atomic mass is 14.9. The first-order chi connectivity index (χ1) is 8.10. The lowest BCUT2D eigenvalue weighted by Crippen LogP contribution is -2.03. The number of hydrogen-bond donors (Lipinski definition) is 1. The van der Waals surface area contributed by atoms with E-state index >= 15 is 0 Å². The summed E-state index contributed by atoms with van der Waals surface area (Å²) in [7, 11) is 0. The highest BCUT2D eigenvalue weighted by Gasteiger charge is 2.06. The van der Waals surface area contributed by atoms with E-state index in [1.165, 1.54) is 11.1 Å². The van der Waals surface area contributed by atoms with Crippen LogP contribution in [0.25, 0.3) is 11.3 Å². The third-order valence-corrected chi connectivity index (χ3v) is 2.76. The molecule has 17 heavy (non-hydrogen) atoms. The van der Waals surface area contributed by atoms with Gasteiger partial charge in [0.15, 0.2) is 0 Å². The van der Waals surface area contributed by atoms with Crippen molar-refractivity contribution in [3.8, 4) is 11.3 Å². The third-order valence-electron chi connectivity index (χ3n) is 2.76. The van der Waals surface area contributed by atoms with Gasteiger partial charge in [-0.25, -0.2) is 9.97 Å². The Labute approximate surface area is 102 Å². The Bertz CT molecular complexity index is 547. The van der Waals surface area contributed by atoms with Crippen molar-refractivity contribution in [1.29, 1.82) is 0 Å². The summed E-state index contributed by atoms with van der Waals surface area (Å²) in [4.78, 5) is 8.76. The minimum absolute atomic E-state index is 0.446. The number of benzene rings is 1. The van der Waals surface area contributed by atoms with Crippen molar-refractivity contribution in [2.75, 3.05) is 0 Å². The van der Waals surface area contributed by atoms with Gasteiger partial charge in [-0.1, -0.05) is 23.8 Å². The number of rotatable bonds is 2. The molecule has 0 aliphatic carbocycles. The molecule has 0 atom stereocenters. The fraction of sp³-hybridized carbons (Fsp3) is 0.286. The second kappa shape index (κ2) is 4.63. The largest absolute Gasteiger partial charge is 0.325 e. The van der Waals surface area contributed by atoms with Crippen LogP contribution in [-0.2, 0) is 6.54 Å². The van der Waals surface area contributed by atoms with Crippen LogP contribution in [0.5, 0.6) is 0 Å². The first kappa shape index (κ1) is 11.7. The topological polar surface area (TPSA) is 51.8 Å². The van der Waals surface area contributed by atoms with Gasteiger partial charge >= 0.3 is 0 Å². The first-order valence-electron chi connectivity index (χ1n) is 5.72. The van der Waals surface area contributed by atoms with Crippen LogP contribution in [0.4, 0.5) is 0 Å². The molecular weight excluding hydrogens is 210 g/mol.